The summed E-state index contributed by atoms with van der Waals surface area (Å²) in [5.74, 6) is 0.941. The number of carbonyl (C=O) groups excluding carboxylic acids is 1. The zero-order valence-electron chi connectivity index (χ0n) is 11.9. The molecule has 1 fully saturated rings. The number of hydrogen-bond donors (Lipinski definition) is 1. The molecule has 0 aromatic heterocycles. The van der Waals surface area contributed by atoms with Gasteiger partial charge in [0.1, 0.15) is 12.4 Å². The quantitative estimate of drug-likeness (QED) is 0.813. The maximum Gasteiger partial charge on any atom is 0.337 e. The maximum absolute atomic E-state index is 11.3. The number of esters is 1. The van der Waals surface area contributed by atoms with Crippen molar-refractivity contribution in [3.05, 3.63) is 29.8 Å². The SMILES string of the molecule is COC(=O)c1ccc(OCC(O)CC2CCCC2)cc1. The summed E-state index contributed by atoms with van der Waals surface area (Å²) < 4.78 is 10.2. The summed E-state index contributed by atoms with van der Waals surface area (Å²) in [6, 6.07) is 6.75. The minimum atomic E-state index is -0.418. The molecule has 1 aromatic carbocycles. The predicted molar refractivity (Wildman–Crippen MR) is 75.9 cm³/mol. The first-order valence-electron chi connectivity index (χ1n) is 7.18. The van der Waals surface area contributed by atoms with Gasteiger partial charge in [-0.05, 0) is 36.6 Å². The first-order chi connectivity index (χ1) is 9.69. The van der Waals surface area contributed by atoms with Crippen LogP contribution >= 0.6 is 0 Å². The second-order valence-electron chi connectivity index (χ2n) is 5.37. The average molecular weight is 278 g/mol. The van der Waals surface area contributed by atoms with Crippen LogP contribution in [0.2, 0.25) is 0 Å². The van der Waals surface area contributed by atoms with Crippen molar-refractivity contribution in [1.82, 2.24) is 0 Å². The molecule has 1 atom stereocenters. The lowest BCUT2D eigenvalue weighted by Gasteiger charge is -2.16. The first kappa shape index (κ1) is 14.9. The Morgan fingerprint density at radius 2 is 1.95 bits per heavy atom. The Bertz CT molecular complexity index is 421. The molecule has 0 heterocycles. The number of methoxy groups -OCH3 is 1. The van der Waals surface area contributed by atoms with Crippen LogP contribution in [0.4, 0.5) is 0 Å². The van der Waals surface area contributed by atoms with Gasteiger partial charge in [0.25, 0.3) is 0 Å². The summed E-state index contributed by atoms with van der Waals surface area (Å²) in [6.45, 7) is 0.300. The second-order valence-corrected chi connectivity index (χ2v) is 5.37. The normalized spacial score (nSPS) is 16.9. The molecular formula is C16H22O4. The molecule has 2 rings (SSSR count). The topological polar surface area (TPSA) is 55.8 Å². The lowest BCUT2D eigenvalue weighted by atomic mass is 10.0. The van der Waals surface area contributed by atoms with Crippen LogP contribution in [-0.2, 0) is 4.74 Å². The van der Waals surface area contributed by atoms with Gasteiger partial charge >= 0.3 is 5.97 Å². The van der Waals surface area contributed by atoms with Crippen LogP contribution in [0.3, 0.4) is 0 Å². The third-order valence-electron chi connectivity index (χ3n) is 3.80. The Morgan fingerprint density at radius 1 is 1.30 bits per heavy atom. The molecule has 1 aliphatic carbocycles. The van der Waals surface area contributed by atoms with E-state index in [1.807, 2.05) is 0 Å². The van der Waals surface area contributed by atoms with Gasteiger partial charge in [0, 0.05) is 0 Å². The second kappa shape index (κ2) is 7.29. The van der Waals surface area contributed by atoms with Gasteiger partial charge in [0.2, 0.25) is 0 Å². The minimum Gasteiger partial charge on any atom is -0.491 e. The number of ether oxygens (including phenoxy) is 2. The molecule has 4 nitrogen and oxygen atoms in total. The molecule has 1 saturated carbocycles. The predicted octanol–water partition coefficient (Wildman–Crippen LogP) is 2.79. The summed E-state index contributed by atoms with van der Waals surface area (Å²) in [5.41, 5.74) is 0.492. The van der Waals surface area contributed by atoms with Crippen molar-refractivity contribution in [3.8, 4) is 5.75 Å². The van der Waals surface area contributed by atoms with Crippen LogP contribution in [0.5, 0.6) is 5.75 Å². The van der Waals surface area contributed by atoms with Crippen LogP contribution in [0.25, 0.3) is 0 Å². The van der Waals surface area contributed by atoms with Crippen LogP contribution < -0.4 is 4.74 Å². The number of aliphatic hydroxyl groups excluding tert-OH is 1. The van der Waals surface area contributed by atoms with E-state index in [-0.39, 0.29) is 5.97 Å². The Hall–Kier alpha value is -1.55. The van der Waals surface area contributed by atoms with E-state index in [2.05, 4.69) is 4.74 Å². The molecule has 4 heteroatoms. The number of aliphatic hydroxyl groups is 1. The molecule has 0 saturated heterocycles. The Morgan fingerprint density at radius 3 is 2.55 bits per heavy atom. The van der Waals surface area contributed by atoms with Gasteiger partial charge in [-0.25, -0.2) is 4.79 Å². The van der Waals surface area contributed by atoms with Gasteiger partial charge in [-0.3, -0.25) is 0 Å². The van der Waals surface area contributed by atoms with Crippen molar-refractivity contribution < 1.29 is 19.4 Å². The van der Waals surface area contributed by atoms with Gasteiger partial charge in [-0.2, -0.15) is 0 Å². The molecule has 0 aliphatic heterocycles. The Balaban J connectivity index is 1.76. The molecular weight excluding hydrogens is 256 g/mol. The number of carbonyl (C=O) groups is 1. The van der Waals surface area contributed by atoms with E-state index in [1.54, 1.807) is 24.3 Å². The van der Waals surface area contributed by atoms with Gasteiger partial charge in [0.05, 0.1) is 18.8 Å². The molecule has 1 aliphatic rings. The van der Waals surface area contributed by atoms with Gasteiger partial charge in [-0.15, -0.1) is 0 Å². The van der Waals surface area contributed by atoms with E-state index in [9.17, 15) is 9.90 Å². The molecule has 0 bridgehead atoms. The molecule has 1 N–H and O–H groups in total. The smallest absolute Gasteiger partial charge is 0.337 e. The van der Waals surface area contributed by atoms with Crippen molar-refractivity contribution in [3.63, 3.8) is 0 Å². The van der Waals surface area contributed by atoms with Crippen LogP contribution in [0.15, 0.2) is 24.3 Å². The number of benzene rings is 1. The third-order valence-corrected chi connectivity index (χ3v) is 3.80. The van der Waals surface area contributed by atoms with Crippen LogP contribution in [0, 0.1) is 5.92 Å². The summed E-state index contributed by atoms with van der Waals surface area (Å²) in [5, 5.41) is 9.95. The molecule has 0 radical (unpaired) electrons. The van der Waals surface area contributed by atoms with E-state index in [1.165, 1.54) is 32.8 Å². The van der Waals surface area contributed by atoms with Crippen molar-refractivity contribution in [2.75, 3.05) is 13.7 Å². The minimum absolute atomic E-state index is 0.300. The third kappa shape index (κ3) is 4.23. The average Bonchev–Trinajstić information content (AvgIpc) is 2.97. The van der Waals surface area contributed by atoms with E-state index >= 15 is 0 Å². The summed E-state index contributed by atoms with van der Waals surface area (Å²) in [4.78, 5) is 11.3. The molecule has 0 spiro atoms. The molecule has 20 heavy (non-hydrogen) atoms. The Kier molecular flexibility index (Phi) is 5.41. The standard InChI is InChI=1S/C16H22O4/c1-19-16(18)13-6-8-15(9-7-13)20-11-14(17)10-12-4-2-3-5-12/h6-9,12,14,17H,2-5,10-11H2,1H3. The monoisotopic (exact) mass is 278 g/mol. The summed E-state index contributed by atoms with van der Waals surface area (Å²) in [7, 11) is 1.35. The van der Waals surface area contributed by atoms with Crippen molar-refractivity contribution in [2.45, 2.75) is 38.2 Å². The zero-order chi connectivity index (χ0) is 14.4. The fourth-order valence-corrected chi connectivity index (χ4v) is 2.70. The van der Waals surface area contributed by atoms with Gasteiger partial charge in [-0.1, -0.05) is 25.7 Å². The fraction of sp³-hybridized carbons (Fsp3) is 0.562. The highest BCUT2D eigenvalue weighted by atomic mass is 16.5. The van der Waals surface area contributed by atoms with E-state index in [0.717, 1.165) is 6.42 Å². The van der Waals surface area contributed by atoms with E-state index in [4.69, 9.17) is 4.74 Å². The van der Waals surface area contributed by atoms with Crippen molar-refractivity contribution in [2.24, 2.45) is 5.92 Å². The summed E-state index contributed by atoms with van der Waals surface area (Å²) >= 11 is 0. The zero-order valence-corrected chi connectivity index (χ0v) is 11.9. The molecule has 1 aromatic rings. The van der Waals surface area contributed by atoms with Crippen molar-refractivity contribution in [1.29, 1.82) is 0 Å². The Labute approximate surface area is 119 Å². The maximum atomic E-state index is 11.3. The molecule has 0 amide bonds. The lowest BCUT2D eigenvalue weighted by Crippen LogP contribution is -2.20. The van der Waals surface area contributed by atoms with Gasteiger partial charge in [0.15, 0.2) is 0 Å². The lowest BCUT2D eigenvalue weighted by molar-refractivity contribution is 0.0600. The highest BCUT2D eigenvalue weighted by Gasteiger charge is 2.19. The fourth-order valence-electron chi connectivity index (χ4n) is 2.70. The van der Waals surface area contributed by atoms with E-state index in [0.29, 0.717) is 23.8 Å². The summed E-state index contributed by atoms with van der Waals surface area (Å²) in [6.07, 6.45) is 5.43. The van der Waals surface area contributed by atoms with E-state index < -0.39 is 6.10 Å². The highest BCUT2D eigenvalue weighted by Crippen LogP contribution is 2.28. The van der Waals surface area contributed by atoms with Crippen LogP contribution in [0.1, 0.15) is 42.5 Å². The molecule has 110 valence electrons. The number of rotatable bonds is 6. The molecule has 1 unspecified atom stereocenters. The van der Waals surface area contributed by atoms with Crippen LogP contribution in [-0.4, -0.2) is 30.9 Å². The highest BCUT2D eigenvalue weighted by molar-refractivity contribution is 5.89. The largest absolute Gasteiger partial charge is 0.491 e. The first-order valence-corrected chi connectivity index (χ1v) is 7.18. The number of hydrogen-bond acceptors (Lipinski definition) is 4. The van der Waals surface area contributed by atoms with Crippen molar-refractivity contribution >= 4 is 5.97 Å². The van der Waals surface area contributed by atoms with Gasteiger partial charge < -0.3 is 14.6 Å².